The molecule has 1 aliphatic rings. The molecule has 3 aromatic rings. The summed E-state index contributed by atoms with van der Waals surface area (Å²) in [5, 5.41) is 14.6. The van der Waals surface area contributed by atoms with Crippen LogP contribution in [0.2, 0.25) is 0 Å². The predicted octanol–water partition coefficient (Wildman–Crippen LogP) is 4.54. The quantitative estimate of drug-likeness (QED) is 0.420. The van der Waals surface area contributed by atoms with Gasteiger partial charge in [-0.2, -0.15) is 0 Å². The molecule has 8 nitrogen and oxygen atoms in total. The Balaban J connectivity index is 1.75. The largest absolute Gasteiger partial charge is 0.503 e. The number of benzene rings is 1. The Kier molecular flexibility index (Phi) is 5.62. The summed E-state index contributed by atoms with van der Waals surface area (Å²) in [4.78, 5) is 27.3. The van der Waals surface area contributed by atoms with E-state index >= 15 is 0 Å². The fourth-order valence-electron chi connectivity index (χ4n) is 3.48. The highest BCUT2D eigenvalue weighted by Crippen LogP contribution is 2.42. The Morgan fingerprint density at radius 2 is 2.03 bits per heavy atom. The van der Waals surface area contributed by atoms with Crippen LogP contribution in [0.1, 0.15) is 47.7 Å². The van der Waals surface area contributed by atoms with Crippen LogP contribution < -0.4 is 9.64 Å². The molecule has 160 valence electrons. The van der Waals surface area contributed by atoms with E-state index in [1.54, 1.807) is 43.3 Å². The molecule has 2 aromatic heterocycles. The molecule has 0 spiro atoms. The average Bonchev–Trinajstić information content (AvgIpc) is 3.50. The van der Waals surface area contributed by atoms with Crippen LogP contribution in [0.4, 0.5) is 5.82 Å². The maximum atomic E-state index is 13.1. The smallest absolute Gasteiger partial charge is 0.295 e. The van der Waals surface area contributed by atoms with Gasteiger partial charge in [0, 0.05) is 6.07 Å². The first-order valence-corrected chi connectivity index (χ1v) is 10.0. The topological polar surface area (TPSA) is 106 Å². The predicted molar refractivity (Wildman–Crippen MR) is 111 cm³/mol. The maximum Gasteiger partial charge on any atom is 0.295 e. The van der Waals surface area contributed by atoms with Gasteiger partial charge in [-0.25, -0.2) is 0 Å². The standard InChI is InChI=1S/C23H22N2O6/c1-3-4-11-29-16-9-7-15(8-10-16)20-19(21(26)17-6-5-12-30-17)22(27)23(28)25(20)18-13-14(2)31-24-18/h5-10,12-13,20,27H,3-4,11H2,1-2H3/t20-/m1/s1. The second-order valence-electron chi connectivity index (χ2n) is 7.21. The summed E-state index contributed by atoms with van der Waals surface area (Å²) in [7, 11) is 0. The number of hydrogen-bond donors (Lipinski definition) is 1. The van der Waals surface area contributed by atoms with Crippen molar-refractivity contribution < 1.29 is 28.4 Å². The normalized spacial score (nSPS) is 16.3. The summed E-state index contributed by atoms with van der Waals surface area (Å²) in [5.74, 6) is -0.566. The number of aromatic nitrogens is 1. The third-order valence-electron chi connectivity index (χ3n) is 5.02. The minimum atomic E-state index is -0.903. The Hall–Kier alpha value is -3.81. The van der Waals surface area contributed by atoms with Gasteiger partial charge in [0.05, 0.1) is 24.5 Å². The van der Waals surface area contributed by atoms with Crippen molar-refractivity contribution in [2.24, 2.45) is 0 Å². The Bertz CT molecular complexity index is 1110. The number of amides is 1. The van der Waals surface area contributed by atoms with Crippen molar-refractivity contribution in [2.45, 2.75) is 32.7 Å². The van der Waals surface area contributed by atoms with E-state index in [1.807, 2.05) is 0 Å². The van der Waals surface area contributed by atoms with Gasteiger partial charge < -0.3 is 18.8 Å². The van der Waals surface area contributed by atoms with E-state index in [0.717, 1.165) is 12.8 Å². The molecule has 1 N–H and O–H groups in total. The van der Waals surface area contributed by atoms with Gasteiger partial charge >= 0.3 is 0 Å². The van der Waals surface area contributed by atoms with Crippen molar-refractivity contribution in [1.29, 1.82) is 0 Å². The highest BCUT2D eigenvalue weighted by molar-refractivity contribution is 6.19. The number of rotatable bonds is 8. The van der Waals surface area contributed by atoms with Crippen LogP contribution in [0.3, 0.4) is 0 Å². The van der Waals surface area contributed by atoms with Gasteiger partial charge in [-0.05, 0) is 43.2 Å². The molecule has 0 saturated heterocycles. The molecule has 0 fully saturated rings. The van der Waals surface area contributed by atoms with E-state index in [1.165, 1.54) is 17.2 Å². The van der Waals surface area contributed by atoms with Crippen molar-refractivity contribution in [1.82, 2.24) is 5.16 Å². The molecule has 3 heterocycles. The molecule has 0 radical (unpaired) electrons. The molecule has 0 saturated carbocycles. The molecule has 8 heteroatoms. The lowest BCUT2D eigenvalue weighted by Crippen LogP contribution is -2.31. The number of anilines is 1. The van der Waals surface area contributed by atoms with Crippen LogP contribution in [-0.2, 0) is 4.79 Å². The average molecular weight is 422 g/mol. The first kappa shape index (κ1) is 20.5. The number of carbonyl (C=O) groups excluding carboxylic acids is 2. The van der Waals surface area contributed by atoms with Crippen LogP contribution in [0, 0.1) is 6.92 Å². The van der Waals surface area contributed by atoms with Gasteiger partial charge in [0.25, 0.3) is 5.91 Å². The Morgan fingerprint density at radius 1 is 1.26 bits per heavy atom. The van der Waals surface area contributed by atoms with Gasteiger partial charge in [0.15, 0.2) is 17.3 Å². The van der Waals surface area contributed by atoms with E-state index in [2.05, 4.69) is 12.1 Å². The maximum absolute atomic E-state index is 13.1. The number of furan rings is 1. The number of unbranched alkanes of at least 4 members (excludes halogenated alkanes) is 1. The van der Waals surface area contributed by atoms with Crippen LogP contribution >= 0.6 is 0 Å². The summed E-state index contributed by atoms with van der Waals surface area (Å²) >= 11 is 0. The number of aliphatic hydroxyl groups excluding tert-OH is 1. The van der Waals surface area contributed by atoms with Gasteiger partial charge in [0.2, 0.25) is 5.78 Å². The van der Waals surface area contributed by atoms with Crippen molar-refractivity contribution >= 4 is 17.5 Å². The summed E-state index contributed by atoms with van der Waals surface area (Å²) in [6.45, 7) is 4.38. The third kappa shape index (κ3) is 3.84. The molecular weight excluding hydrogens is 400 g/mol. The number of hydrogen-bond acceptors (Lipinski definition) is 7. The van der Waals surface area contributed by atoms with E-state index in [4.69, 9.17) is 13.7 Å². The number of carbonyl (C=O) groups is 2. The second-order valence-corrected chi connectivity index (χ2v) is 7.21. The van der Waals surface area contributed by atoms with Crippen LogP contribution in [0.15, 0.2) is 69.0 Å². The number of aryl methyl sites for hydroxylation is 1. The summed E-state index contributed by atoms with van der Waals surface area (Å²) in [5.41, 5.74) is 0.524. The van der Waals surface area contributed by atoms with Crippen LogP contribution in [0.25, 0.3) is 0 Å². The lowest BCUT2D eigenvalue weighted by molar-refractivity contribution is -0.117. The van der Waals surface area contributed by atoms with E-state index < -0.39 is 23.5 Å². The number of Topliss-reactive ketones (excluding diaryl/α,β-unsaturated/α-hetero) is 1. The zero-order valence-electron chi connectivity index (χ0n) is 17.2. The summed E-state index contributed by atoms with van der Waals surface area (Å²) in [6.07, 6.45) is 3.32. The van der Waals surface area contributed by atoms with E-state index in [0.29, 0.717) is 23.7 Å². The first-order chi connectivity index (χ1) is 15.0. The highest BCUT2D eigenvalue weighted by atomic mass is 16.5. The number of ketones is 1. The zero-order chi connectivity index (χ0) is 22.0. The molecule has 4 rings (SSSR count). The second kappa shape index (κ2) is 8.51. The fourth-order valence-corrected chi connectivity index (χ4v) is 3.48. The SMILES string of the molecule is CCCCOc1ccc([C@@H]2C(C(=O)c3ccco3)=C(O)C(=O)N2c2cc(C)on2)cc1. The number of ether oxygens (including phenoxy) is 1. The third-order valence-corrected chi connectivity index (χ3v) is 5.02. The monoisotopic (exact) mass is 422 g/mol. The fraction of sp³-hybridized carbons (Fsp3) is 0.261. The Labute approximate surface area is 178 Å². The summed E-state index contributed by atoms with van der Waals surface area (Å²) < 4.78 is 16.0. The lowest BCUT2D eigenvalue weighted by atomic mass is 9.95. The van der Waals surface area contributed by atoms with Crippen molar-refractivity contribution in [2.75, 3.05) is 11.5 Å². The minimum absolute atomic E-state index is 0.0250. The van der Waals surface area contributed by atoms with Gasteiger partial charge in [-0.15, -0.1) is 0 Å². The minimum Gasteiger partial charge on any atom is -0.503 e. The molecule has 31 heavy (non-hydrogen) atoms. The van der Waals surface area contributed by atoms with Crippen LogP contribution in [0.5, 0.6) is 5.75 Å². The Morgan fingerprint density at radius 3 is 2.65 bits per heavy atom. The molecule has 1 aliphatic heterocycles. The molecule has 0 unspecified atom stereocenters. The highest BCUT2D eigenvalue weighted by Gasteiger charge is 2.46. The van der Waals surface area contributed by atoms with Crippen molar-refractivity contribution in [3.63, 3.8) is 0 Å². The molecule has 0 aliphatic carbocycles. The first-order valence-electron chi connectivity index (χ1n) is 10.0. The van der Waals surface area contributed by atoms with Gasteiger partial charge in [0.1, 0.15) is 11.5 Å². The van der Waals surface area contributed by atoms with Crippen molar-refractivity contribution in [3.8, 4) is 5.75 Å². The number of aliphatic hydroxyl groups is 1. The number of nitrogens with zero attached hydrogens (tertiary/aromatic N) is 2. The van der Waals surface area contributed by atoms with Gasteiger partial charge in [-0.1, -0.05) is 30.6 Å². The molecule has 0 bridgehead atoms. The van der Waals surface area contributed by atoms with E-state index in [-0.39, 0.29) is 17.2 Å². The van der Waals surface area contributed by atoms with Crippen LogP contribution in [-0.4, -0.2) is 28.6 Å². The van der Waals surface area contributed by atoms with Crippen molar-refractivity contribution in [3.05, 3.63) is 77.1 Å². The molecule has 1 aromatic carbocycles. The van der Waals surface area contributed by atoms with E-state index in [9.17, 15) is 14.7 Å². The summed E-state index contributed by atoms with van der Waals surface area (Å²) in [6, 6.07) is 10.8. The molecule has 1 amide bonds. The van der Waals surface area contributed by atoms with Gasteiger partial charge in [-0.3, -0.25) is 14.5 Å². The lowest BCUT2D eigenvalue weighted by Gasteiger charge is -2.24. The molecular formula is C23H22N2O6. The zero-order valence-corrected chi connectivity index (χ0v) is 17.2. The molecule has 1 atom stereocenters.